The van der Waals surface area contributed by atoms with Gasteiger partial charge in [0.1, 0.15) is 12.7 Å². The van der Waals surface area contributed by atoms with E-state index in [1.54, 1.807) is 0 Å². The van der Waals surface area contributed by atoms with E-state index >= 15 is 0 Å². The van der Waals surface area contributed by atoms with Gasteiger partial charge in [0.25, 0.3) is 5.79 Å². The normalized spacial score (nSPS) is 19.7. The molecule has 0 saturated carbocycles. The second kappa shape index (κ2) is 10.9. The highest BCUT2D eigenvalue weighted by molar-refractivity contribution is 5.90. The summed E-state index contributed by atoms with van der Waals surface area (Å²) in [7, 11) is 0. The maximum Gasteiger partial charge on any atom is 0.335 e. The molecule has 3 aromatic rings. The minimum atomic E-state index is -2.03. The molecule has 0 fully saturated rings. The summed E-state index contributed by atoms with van der Waals surface area (Å²) in [4.78, 5) is 11.8. The lowest BCUT2D eigenvalue weighted by molar-refractivity contribution is -0.259. The number of aliphatic hydroxyl groups is 1. The van der Waals surface area contributed by atoms with Crippen molar-refractivity contribution in [1.82, 2.24) is 0 Å². The van der Waals surface area contributed by atoms with E-state index in [2.05, 4.69) is 0 Å². The number of hydrogen-bond donors (Lipinski definition) is 2. The van der Waals surface area contributed by atoms with E-state index in [0.29, 0.717) is 0 Å². The fourth-order valence-electron chi connectivity index (χ4n) is 3.56. The van der Waals surface area contributed by atoms with E-state index in [-0.39, 0.29) is 31.2 Å². The molecule has 0 amide bonds. The van der Waals surface area contributed by atoms with Crippen LogP contribution in [0.15, 0.2) is 114 Å². The number of ether oxygens (including phenoxy) is 3. The molecule has 0 heterocycles. The molecule has 1 aliphatic rings. The highest BCUT2D eigenvalue weighted by Crippen LogP contribution is 2.35. The molecule has 6 heteroatoms. The van der Waals surface area contributed by atoms with Crippen LogP contribution in [0.4, 0.5) is 0 Å². The Morgan fingerprint density at radius 1 is 0.765 bits per heavy atom. The molecule has 34 heavy (non-hydrogen) atoms. The summed E-state index contributed by atoms with van der Waals surface area (Å²) in [5, 5.41) is 21.4. The Balaban J connectivity index is 1.62. The fourth-order valence-corrected chi connectivity index (χ4v) is 3.56. The van der Waals surface area contributed by atoms with Gasteiger partial charge in [-0.25, -0.2) is 4.79 Å². The monoisotopic (exact) mass is 458 g/mol. The van der Waals surface area contributed by atoms with Gasteiger partial charge in [-0.3, -0.25) is 0 Å². The maximum absolute atomic E-state index is 11.8. The molecule has 0 bridgehead atoms. The molecule has 4 rings (SSSR count). The van der Waals surface area contributed by atoms with E-state index in [1.807, 2.05) is 91.0 Å². The van der Waals surface area contributed by atoms with Crippen LogP contribution in [0, 0.1) is 0 Å². The number of aliphatic carboxylic acids is 1. The van der Waals surface area contributed by atoms with Crippen molar-refractivity contribution < 1.29 is 29.2 Å². The van der Waals surface area contributed by atoms with Crippen molar-refractivity contribution in [3.8, 4) is 0 Å². The molecule has 3 aromatic carbocycles. The SMILES string of the molecule is O=C(O)C1=CC(OCc2ccccc2)C(O)(OCc2ccccc2)C(OCc2ccccc2)=C1. The highest BCUT2D eigenvalue weighted by Gasteiger charge is 2.47. The Morgan fingerprint density at radius 3 is 1.79 bits per heavy atom. The van der Waals surface area contributed by atoms with Crippen LogP contribution in [0.25, 0.3) is 0 Å². The Kier molecular flexibility index (Phi) is 7.54. The van der Waals surface area contributed by atoms with Gasteiger partial charge in [0.2, 0.25) is 0 Å². The Labute approximate surface area is 198 Å². The molecule has 1 aliphatic carbocycles. The second-order valence-corrected chi connectivity index (χ2v) is 7.90. The van der Waals surface area contributed by atoms with E-state index in [1.165, 1.54) is 12.2 Å². The Bertz CT molecular complexity index is 1140. The zero-order valence-corrected chi connectivity index (χ0v) is 18.5. The van der Waals surface area contributed by atoms with Crippen molar-refractivity contribution in [2.75, 3.05) is 0 Å². The fraction of sp³-hybridized carbons (Fsp3) is 0.179. The van der Waals surface area contributed by atoms with Crippen LogP contribution in [0.2, 0.25) is 0 Å². The van der Waals surface area contributed by atoms with Crippen molar-refractivity contribution in [1.29, 1.82) is 0 Å². The summed E-state index contributed by atoms with van der Waals surface area (Å²) in [5.74, 6) is -3.21. The van der Waals surface area contributed by atoms with Crippen LogP contribution in [-0.4, -0.2) is 28.1 Å². The summed E-state index contributed by atoms with van der Waals surface area (Å²) < 4.78 is 17.9. The highest BCUT2D eigenvalue weighted by atomic mass is 16.7. The molecule has 0 aliphatic heterocycles. The Morgan fingerprint density at radius 2 is 1.26 bits per heavy atom. The minimum absolute atomic E-state index is 0.0229. The van der Waals surface area contributed by atoms with Crippen molar-refractivity contribution in [2.24, 2.45) is 0 Å². The first-order chi connectivity index (χ1) is 16.5. The zero-order chi connectivity index (χ0) is 23.8. The van der Waals surface area contributed by atoms with Crippen LogP contribution >= 0.6 is 0 Å². The number of hydrogen-bond acceptors (Lipinski definition) is 5. The molecule has 0 radical (unpaired) electrons. The van der Waals surface area contributed by atoms with Crippen LogP contribution in [0.1, 0.15) is 16.7 Å². The number of carboxylic acid groups (broad SMARTS) is 1. The maximum atomic E-state index is 11.8. The van der Waals surface area contributed by atoms with E-state index < -0.39 is 17.9 Å². The van der Waals surface area contributed by atoms with Gasteiger partial charge in [-0.05, 0) is 28.8 Å². The first-order valence-electron chi connectivity index (χ1n) is 10.9. The first-order valence-corrected chi connectivity index (χ1v) is 10.9. The summed E-state index contributed by atoms with van der Waals surface area (Å²) in [5.41, 5.74) is 2.53. The van der Waals surface area contributed by atoms with Gasteiger partial charge in [-0.1, -0.05) is 91.0 Å². The smallest absolute Gasteiger partial charge is 0.335 e. The third kappa shape index (κ3) is 5.80. The number of benzene rings is 3. The van der Waals surface area contributed by atoms with Crippen molar-refractivity contribution >= 4 is 5.97 Å². The average Bonchev–Trinajstić information content (AvgIpc) is 2.88. The summed E-state index contributed by atoms with van der Waals surface area (Å²) >= 11 is 0. The van der Waals surface area contributed by atoms with E-state index in [4.69, 9.17) is 14.2 Å². The van der Waals surface area contributed by atoms with Gasteiger partial charge < -0.3 is 24.4 Å². The minimum Gasteiger partial charge on any atom is -0.487 e. The number of carboxylic acids is 1. The number of carbonyl (C=O) groups is 1. The lowest BCUT2D eigenvalue weighted by Gasteiger charge is -2.38. The lowest BCUT2D eigenvalue weighted by Crippen LogP contribution is -2.49. The van der Waals surface area contributed by atoms with Gasteiger partial charge in [-0.15, -0.1) is 0 Å². The Hall–Kier alpha value is -3.71. The quantitative estimate of drug-likeness (QED) is 0.432. The third-order valence-electron chi connectivity index (χ3n) is 5.41. The molecule has 0 spiro atoms. The molecule has 0 saturated heterocycles. The largest absolute Gasteiger partial charge is 0.487 e. The molecule has 2 atom stereocenters. The van der Waals surface area contributed by atoms with Crippen molar-refractivity contribution in [3.63, 3.8) is 0 Å². The van der Waals surface area contributed by atoms with Crippen LogP contribution < -0.4 is 0 Å². The van der Waals surface area contributed by atoms with Gasteiger partial charge in [0, 0.05) is 0 Å². The molecule has 2 N–H and O–H groups in total. The zero-order valence-electron chi connectivity index (χ0n) is 18.5. The molecule has 2 unspecified atom stereocenters. The van der Waals surface area contributed by atoms with Gasteiger partial charge in [0.15, 0.2) is 5.76 Å². The summed E-state index contributed by atoms with van der Waals surface area (Å²) in [6.07, 6.45) is 1.53. The molecule has 0 aromatic heterocycles. The first kappa shape index (κ1) is 23.4. The predicted octanol–water partition coefficient (Wildman–Crippen LogP) is 4.60. The molecular weight excluding hydrogens is 432 g/mol. The van der Waals surface area contributed by atoms with Crippen LogP contribution in [0.3, 0.4) is 0 Å². The van der Waals surface area contributed by atoms with E-state index in [0.717, 1.165) is 16.7 Å². The van der Waals surface area contributed by atoms with Crippen molar-refractivity contribution in [2.45, 2.75) is 31.7 Å². The molecular formula is C28H26O6. The predicted molar refractivity (Wildman–Crippen MR) is 126 cm³/mol. The summed E-state index contributed by atoms with van der Waals surface area (Å²) in [6, 6.07) is 28.2. The van der Waals surface area contributed by atoms with E-state index in [9.17, 15) is 15.0 Å². The van der Waals surface area contributed by atoms with Gasteiger partial charge in [-0.2, -0.15) is 0 Å². The van der Waals surface area contributed by atoms with Gasteiger partial charge in [0.05, 0.1) is 18.8 Å². The topological polar surface area (TPSA) is 85.2 Å². The molecule has 174 valence electrons. The number of rotatable bonds is 10. The van der Waals surface area contributed by atoms with Gasteiger partial charge >= 0.3 is 5.97 Å². The van der Waals surface area contributed by atoms with Crippen LogP contribution in [-0.2, 0) is 38.8 Å². The lowest BCUT2D eigenvalue weighted by atomic mass is 9.96. The average molecular weight is 459 g/mol. The van der Waals surface area contributed by atoms with Crippen molar-refractivity contribution in [3.05, 3.63) is 131 Å². The molecule has 6 nitrogen and oxygen atoms in total. The third-order valence-corrected chi connectivity index (χ3v) is 5.41. The van der Waals surface area contributed by atoms with Crippen LogP contribution in [0.5, 0.6) is 0 Å². The standard InChI is InChI=1S/C28H26O6/c29-27(30)24-16-25(32-18-21-10-4-1-5-11-21)28(31,34-20-23-14-8-3-9-15-23)26(17-24)33-19-22-12-6-2-7-13-22/h1-17,25,31H,18-20H2,(H,29,30). The summed E-state index contributed by atoms with van der Waals surface area (Å²) in [6.45, 7) is 0.352. The second-order valence-electron chi connectivity index (χ2n) is 7.90.